The summed E-state index contributed by atoms with van der Waals surface area (Å²) in [6, 6.07) is 7.71. The zero-order valence-corrected chi connectivity index (χ0v) is 14.1. The lowest BCUT2D eigenvalue weighted by Gasteiger charge is -2.09. The first-order valence-corrected chi connectivity index (χ1v) is 7.64. The Balaban J connectivity index is 1.82. The number of esters is 1. The van der Waals surface area contributed by atoms with Crippen molar-refractivity contribution < 1.29 is 36.6 Å². The number of alkyl halides is 3. The normalized spacial score (nSPS) is 11.0. The topological polar surface area (TPSA) is 64.6 Å². The van der Waals surface area contributed by atoms with Crippen molar-refractivity contribution in [2.45, 2.75) is 12.7 Å². The largest absolute Gasteiger partial charge is 0.494 e. The number of hydrogen-bond donors (Lipinski definition) is 1. The number of carbonyl (C=O) groups is 2. The first kappa shape index (κ1) is 20.2. The molecule has 144 valence electrons. The summed E-state index contributed by atoms with van der Waals surface area (Å²) in [5.74, 6) is -2.35. The second-order valence-electron chi connectivity index (χ2n) is 5.40. The third-order valence-corrected chi connectivity index (χ3v) is 3.49. The van der Waals surface area contributed by atoms with E-state index in [0.29, 0.717) is 5.56 Å². The van der Waals surface area contributed by atoms with Crippen LogP contribution in [0.15, 0.2) is 42.5 Å². The second kappa shape index (κ2) is 8.52. The highest BCUT2D eigenvalue weighted by Gasteiger charge is 2.29. The minimum Gasteiger partial charge on any atom is -0.494 e. The maximum atomic E-state index is 13.5. The standard InChI is InChI=1S/C18H15F4NO4/c1-26-15-7-4-12(8-14(15)19)17(25)27-10-16(24)23-9-11-2-5-13(6-3-11)18(20,21)22/h2-8H,9-10H2,1H3,(H,23,24). The van der Waals surface area contributed by atoms with Gasteiger partial charge in [0, 0.05) is 6.54 Å². The molecule has 5 nitrogen and oxygen atoms in total. The van der Waals surface area contributed by atoms with E-state index in [1.54, 1.807) is 0 Å². The summed E-state index contributed by atoms with van der Waals surface area (Å²) < 4.78 is 60.4. The molecule has 0 aliphatic heterocycles. The van der Waals surface area contributed by atoms with Crippen LogP contribution >= 0.6 is 0 Å². The Labute approximate surface area is 151 Å². The first-order valence-electron chi connectivity index (χ1n) is 7.64. The first-order chi connectivity index (χ1) is 12.7. The predicted molar refractivity (Wildman–Crippen MR) is 86.5 cm³/mol. The Hall–Kier alpha value is -3.10. The van der Waals surface area contributed by atoms with Crippen molar-refractivity contribution >= 4 is 11.9 Å². The molecule has 0 saturated heterocycles. The Morgan fingerprint density at radius 3 is 2.30 bits per heavy atom. The Bertz CT molecular complexity index is 819. The number of benzene rings is 2. The van der Waals surface area contributed by atoms with Gasteiger partial charge in [-0.2, -0.15) is 13.2 Å². The molecule has 0 fully saturated rings. The fraction of sp³-hybridized carbons (Fsp3) is 0.222. The molecule has 0 aliphatic rings. The molecule has 0 saturated carbocycles. The zero-order chi connectivity index (χ0) is 20.0. The molecule has 1 amide bonds. The van der Waals surface area contributed by atoms with Crippen LogP contribution < -0.4 is 10.1 Å². The maximum Gasteiger partial charge on any atom is 0.416 e. The van der Waals surface area contributed by atoms with E-state index in [-0.39, 0.29) is 17.9 Å². The van der Waals surface area contributed by atoms with Crippen molar-refractivity contribution in [2.24, 2.45) is 0 Å². The highest BCUT2D eigenvalue weighted by Crippen LogP contribution is 2.29. The van der Waals surface area contributed by atoms with E-state index in [2.05, 4.69) is 5.32 Å². The molecule has 27 heavy (non-hydrogen) atoms. The molecule has 2 rings (SSSR count). The summed E-state index contributed by atoms with van der Waals surface area (Å²) in [6.45, 7) is -0.654. The minimum atomic E-state index is -4.43. The second-order valence-corrected chi connectivity index (χ2v) is 5.40. The monoisotopic (exact) mass is 385 g/mol. The lowest BCUT2D eigenvalue weighted by Crippen LogP contribution is -2.28. The minimum absolute atomic E-state index is 0.0360. The van der Waals surface area contributed by atoms with Crippen LogP contribution in [0.5, 0.6) is 5.75 Å². The third-order valence-electron chi connectivity index (χ3n) is 3.49. The van der Waals surface area contributed by atoms with Crippen LogP contribution in [-0.4, -0.2) is 25.6 Å². The van der Waals surface area contributed by atoms with Crippen LogP contribution in [0.2, 0.25) is 0 Å². The lowest BCUT2D eigenvalue weighted by atomic mass is 10.1. The summed E-state index contributed by atoms with van der Waals surface area (Å²) in [5, 5.41) is 2.40. The van der Waals surface area contributed by atoms with E-state index in [0.717, 1.165) is 18.2 Å². The predicted octanol–water partition coefficient (Wildman–Crippen LogP) is 3.33. The summed E-state index contributed by atoms with van der Waals surface area (Å²) >= 11 is 0. The molecule has 0 atom stereocenters. The van der Waals surface area contributed by atoms with Gasteiger partial charge in [0.05, 0.1) is 18.2 Å². The summed E-state index contributed by atoms with van der Waals surface area (Å²) in [4.78, 5) is 23.5. The van der Waals surface area contributed by atoms with E-state index < -0.39 is 36.0 Å². The number of ether oxygens (including phenoxy) is 2. The number of rotatable bonds is 6. The fourth-order valence-corrected chi connectivity index (χ4v) is 2.07. The average Bonchev–Trinajstić information content (AvgIpc) is 2.64. The number of hydrogen-bond acceptors (Lipinski definition) is 4. The van der Waals surface area contributed by atoms with E-state index in [9.17, 15) is 27.2 Å². The van der Waals surface area contributed by atoms with Crippen LogP contribution in [-0.2, 0) is 22.3 Å². The molecule has 0 spiro atoms. The van der Waals surface area contributed by atoms with E-state index >= 15 is 0 Å². The van der Waals surface area contributed by atoms with E-state index in [1.807, 2.05) is 0 Å². The average molecular weight is 385 g/mol. The van der Waals surface area contributed by atoms with Crippen LogP contribution in [0.4, 0.5) is 17.6 Å². The van der Waals surface area contributed by atoms with Gasteiger partial charge >= 0.3 is 12.1 Å². The van der Waals surface area contributed by atoms with Gasteiger partial charge in [0.1, 0.15) is 0 Å². The van der Waals surface area contributed by atoms with Gasteiger partial charge in [-0.15, -0.1) is 0 Å². The fourth-order valence-electron chi connectivity index (χ4n) is 2.07. The Morgan fingerprint density at radius 1 is 1.07 bits per heavy atom. The van der Waals surface area contributed by atoms with Gasteiger partial charge in [0.25, 0.3) is 5.91 Å². The third kappa shape index (κ3) is 5.70. The highest BCUT2D eigenvalue weighted by atomic mass is 19.4. The van der Waals surface area contributed by atoms with Crippen LogP contribution in [0.3, 0.4) is 0 Å². The van der Waals surface area contributed by atoms with E-state index in [4.69, 9.17) is 9.47 Å². The molecule has 0 unspecified atom stereocenters. The molecular formula is C18H15F4NO4. The SMILES string of the molecule is COc1ccc(C(=O)OCC(=O)NCc2ccc(C(F)(F)F)cc2)cc1F. The van der Waals surface area contributed by atoms with Gasteiger partial charge in [-0.1, -0.05) is 12.1 Å². The molecule has 0 aromatic heterocycles. The van der Waals surface area contributed by atoms with Crippen molar-refractivity contribution in [3.8, 4) is 5.75 Å². The summed E-state index contributed by atoms with van der Waals surface area (Å²) in [7, 11) is 1.28. The molecule has 2 aromatic carbocycles. The maximum absolute atomic E-state index is 13.5. The highest BCUT2D eigenvalue weighted by molar-refractivity contribution is 5.91. The molecule has 2 aromatic rings. The van der Waals surface area contributed by atoms with Gasteiger partial charge in [-0.25, -0.2) is 9.18 Å². The molecule has 1 N–H and O–H groups in total. The van der Waals surface area contributed by atoms with Crippen molar-refractivity contribution in [1.29, 1.82) is 0 Å². The van der Waals surface area contributed by atoms with Gasteiger partial charge in [0.2, 0.25) is 0 Å². The Kier molecular flexibility index (Phi) is 6.38. The zero-order valence-electron chi connectivity index (χ0n) is 14.1. The van der Waals surface area contributed by atoms with Gasteiger partial charge in [-0.05, 0) is 35.9 Å². The van der Waals surface area contributed by atoms with E-state index in [1.165, 1.54) is 31.4 Å². The number of nitrogens with one attached hydrogen (secondary N) is 1. The smallest absolute Gasteiger partial charge is 0.416 e. The van der Waals surface area contributed by atoms with Crippen molar-refractivity contribution in [3.63, 3.8) is 0 Å². The van der Waals surface area contributed by atoms with Gasteiger partial charge in [0.15, 0.2) is 18.2 Å². The molecule has 0 heterocycles. The van der Waals surface area contributed by atoms with Gasteiger partial charge < -0.3 is 14.8 Å². The Morgan fingerprint density at radius 2 is 1.74 bits per heavy atom. The molecule has 0 bridgehead atoms. The number of amides is 1. The molecule has 0 radical (unpaired) electrons. The van der Waals surface area contributed by atoms with Crippen molar-refractivity contribution in [1.82, 2.24) is 5.32 Å². The summed E-state index contributed by atoms with van der Waals surface area (Å²) in [5.41, 5.74) is -0.443. The quantitative estimate of drug-likeness (QED) is 0.612. The molecule has 0 aliphatic carbocycles. The number of methoxy groups -OCH3 is 1. The number of carbonyl (C=O) groups excluding carboxylic acids is 2. The van der Waals surface area contributed by atoms with Crippen LogP contribution in [0.25, 0.3) is 0 Å². The molecule has 9 heteroatoms. The molecular weight excluding hydrogens is 370 g/mol. The van der Waals surface area contributed by atoms with Crippen molar-refractivity contribution in [2.75, 3.05) is 13.7 Å². The summed E-state index contributed by atoms with van der Waals surface area (Å²) in [6.07, 6.45) is -4.43. The number of halogens is 4. The lowest BCUT2D eigenvalue weighted by molar-refractivity contribution is -0.137. The van der Waals surface area contributed by atoms with Crippen LogP contribution in [0, 0.1) is 5.82 Å². The van der Waals surface area contributed by atoms with Gasteiger partial charge in [-0.3, -0.25) is 4.79 Å². The van der Waals surface area contributed by atoms with Crippen molar-refractivity contribution in [3.05, 3.63) is 65.0 Å². The van der Waals surface area contributed by atoms with Crippen LogP contribution in [0.1, 0.15) is 21.5 Å².